The number of hydrogen-bond acceptors (Lipinski definition) is 7. The maximum absolute atomic E-state index is 12.5. The highest BCUT2D eigenvalue weighted by Gasteiger charge is 2.36. The number of carbonyl (C=O) groups is 3. The molecular formula is C18H20INO6S. The van der Waals surface area contributed by atoms with Crippen LogP contribution in [0.1, 0.15) is 26.3 Å². The molecule has 9 heteroatoms. The highest BCUT2D eigenvalue weighted by molar-refractivity contribution is 14.1. The lowest BCUT2D eigenvalue weighted by molar-refractivity contribution is -0.149. The van der Waals surface area contributed by atoms with E-state index in [2.05, 4.69) is 22.6 Å². The van der Waals surface area contributed by atoms with Crippen molar-refractivity contribution in [2.24, 2.45) is 0 Å². The summed E-state index contributed by atoms with van der Waals surface area (Å²) in [5, 5.41) is -0.500. The van der Waals surface area contributed by atoms with Gasteiger partial charge in [-0.15, -0.1) is 0 Å². The van der Waals surface area contributed by atoms with E-state index in [9.17, 15) is 14.4 Å². The van der Waals surface area contributed by atoms with E-state index in [0.717, 1.165) is 20.2 Å². The van der Waals surface area contributed by atoms with Crippen molar-refractivity contribution >= 4 is 57.5 Å². The number of imide groups is 1. The quantitative estimate of drug-likeness (QED) is 0.318. The van der Waals surface area contributed by atoms with Gasteiger partial charge >= 0.3 is 5.97 Å². The molecule has 2 rings (SSSR count). The van der Waals surface area contributed by atoms with Gasteiger partial charge < -0.3 is 14.2 Å². The van der Waals surface area contributed by atoms with E-state index in [0.29, 0.717) is 23.7 Å². The molecule has 1 heterocycles. The number of rotatable bonds is 7. The Kier molecular flexibility index (Phi) is 7.54. The number of nitrogens with zero attached hydrogens (tertiary/aromatic N) is 1. The van der Waals surface area contributed by atoms with Crippen LogP contribution in [0.15, 0.2) is 17.0 Å². The average molecular weight is 505 g/mol. The van der Waals surface area contributed by atoms with Crippen LogP contribution in [0.5, 0.6) is 11.5 Å². The van der Waals surface area contributed by atoms with E-state index < -0.39 is 23.7 Å². The first kappa shape index (κ1) is 21.5. The van der Waals surface area contributed by atoms with Crippen LogP contribution in [0.25, 0.3) is 6.08 Å². The zero-order chi connectivity index (χ0) is 20.1. The fourth-order valence-electron chi connectivity index (χ4n) is 2.35. The largest absolute Gasteiger partial charge is 0.492 e. The number of ether oxygens (including phenoxy) is 3. The number of carbonyl (C=O) groups excluding carboxylic acids is 3. The van der Waals surface area contributed by atoms with Crippen molar-refractivity contribution in [1.82, 2.24) is 4.90 Å². The van der Waals surface area contributed by atoms with Crippen molar-refractivity contribution in [2.45, 2.75) is 26.9 Å². The van der Waals surface area contributed by atoms with Crippen LogP contribution < -0.4 is 9.47 Å². The number of thioether (sulfide) groups is 1. The molecule has 2 amide bonds. The number of hydrogen-bond donors (Lipinski definition) is 0. The monoisotopic (exact) mass is 505 g/mol. The lowest BCUT2D eigenvalue weighted by atomic mass is 10.2. The fraction of sp³-hybridized carbons (Fsp3) is 0.389. The van der Waals surface area contributed by atoms with E-state index in [1.165, 1.54) is 0 Å². The molecule has 1 aromatic carbocycles. The average Bonchev–Trinajstić information content (AvgIpc) is 2.82. The van der Waals surface area contributed by atoms with Gasteiger partial charge in [-0.3, -0.25) is 19.3 Å². The van der Waals surface area contributed by atoms with Crippen LogP contribution in [0.3, 0.4) is 0 Å². The Morgan fingerprint density at radius 2 is 2.04 bits per heavy atom. The number of halogens is 1. The van der Waals surface area contributed by atoms with Crippen molar-refractivity contribution in [1.29, 1.82) is 0 Å². The van der Waals surface area contributed by atoms with E-state index in [4.69, 9.17) is 14.2 Å². The first-order chi connectivity index (χ1) is 12.8. The molecule has 1 saturated heterocycles. The van der Waals surface area contributed by atoms with Gasteiger partial charge in [-0.05, 0) is 78.9 Å². The summed E-state index contributed by atoms with van der Waals surface area (Å²) in [4.78, 5) is 37.5. The predicted molar refractivity (Wildman–Crippen MR) is 111 cm³/mol. The molecule has 1 aliphatic heterocycles. The zero-order valence-corrected chi connectivity index (χ0v) is 18.4. The summed E-state index contributed by atoms with van der Waals surface area (Å²) in [7, 11) is 1.56. The van der Waals surface area contributed by atoms with Crippen LogP contribution in [0.2, 0.25) is 0 Å². The normalized spacial score (nSPS) is 15.6. The number of esters is 1. The van der Waals surface area contributed by atoms with Gasteiger partial charge in [0.15, 0.2) is 11.5 Å². The third kappa shape index (κ3) is 5.38. The maximum Gasteiger partial charge on any atom is 0.326 e. The lowest BCUT2D eigenvalue weighted by Crippen LogP contribution is -2.35. The smallest absolute Gasteiger partial charge is 0.326 e. The van der Waals surface area contributed by atoms with Gasteiger partial charge in [-0.2, -0.15) is 0 Å². The van der Waals surface area contributed by atoms with E-state index in [1.54, 1.807) is 33.1 Å². The minimum Gasteiger partial charge on any atom is -0.492 e. The summed E-state index contributed by atoms with van der Waals surface area (Å²) < 4.78 is 16.7. The van der Waals surface area contributed by atoms with Crippen molar-refractivity contribution in [3.8, 4) is 11.5 Å². The van der Waals surface area contributed by atoms with Crippen LogP contribution >= 0.6 is 34.4 Å². The Morgan fingerprint density at radius 3 is 2.63 bits per heavy atom. The van der Waals surface area contributed by atoms with Gasteiger partial charge in [0.05, 0.1) is 28.3 Å². The molecule has 1 aliphatic rings. The van der Waals surface area contributed by atoms with Crippen molar-refractivity contribution in [2.75, 3.05) is 20.3 Å². The Bertz CT molecular complexity index is 792. The minimum absolute atomic E-state index is 0.237. The van der Waals surface area contributed by atoms with Gasteiger partial charge in [0.25, 0.3) is 11.1 Å². The molecule has 146 valence electrons. The molecule has 0 spiro atoms. The SMILES string of the molecule is CCOc1cc(/C=C2/SC(=O)N(CC(=O)OC(C)C)C2=O)cc(I)c1OC. The fourth-order valence-corrected chi connectivity index (χ4v) is 4.03. The Hall–Kier alpha value is -1.75. The molecule has 0 radical (unpaired) electrons. The maximum atomic E-state index is 12.5. The molecule has 0 saturated carbocycles. The standard InChI is InChI=1S/C18H20INO6S/c1-5-25-13-7-11(6-12(19)16(13)24-4)8-14-17(22)20(18(23)27-14)9-15(21)26-10(2)3/h6-8,10H,5,9H2,1-4H3/b14-8+. The summed E-state index contributed by atoms with van der Waals surface area (Å²) in [5.74, 6) is 0.0256. The van der Waals surface area contributed by atoms with Gasteiger partial charge in [0, 0.05) is 0 Å². The Labute approximate surface area is 175 Å². The van der Waals surface area contributed by atoms with Crippen LogP contribution in [-0.2, 0) is 14.3 Å². The summed E-state index contributed by atoms with van der Waals surface area (Å²) >= 11 is 2.90. The van der Waals surface area contributed by atoms with Crippen LogP contribution in [0, 0.1) is 3.57 Å². The molecule has 7 nitrogen and oxygen atoms in total. The second-order valence-electron chi connectivity index (χ2n) is 5.77. The third-order valence-corrected chi connectivity index (χ3v) is 5.07. The van der Waals surface area contributed by atoms with E-state index >= 15 is 0 Å². The molecule has 0 bridgehead atoms. The van der Waals surface area contributed by atoms with E-state index in [1.807, 2.05) is 13.0 Å². The minimum atomic E-state index is -0.619. The first-order valence-electron chi connectivity index (χ1n) is 8.22. The second kappa shape index (κ2) is 9.45. The van der Waals surface area contributed by atoms with Crippen molar-refractivity contribution in [3.63, 3.8) is 0 Å². The van der Waals surface area contributed by atoms with Crippen LogP contribution in [0.4, 0.5) is 4.79 Å². The summed E-state index contributed by atoms with van der Waals surface area (Å²) in [6, 6.07) is 3.56. The zero-order valence-electron chi connectivity index (χ0n) is 15.4. The lowest BCUT2D eigenvalue weighted by Gasteiger charge is -2.13. The van der Waals surface area contributed by atoms with Crippen molar-refractivity contribution < 1.29 is 28.6 Å². The number of benzene rings is 1. The predicted octanol–water partition coefficient (Wildman–Crippen LogP) is 3.69. The van der Waals surface area contributed by atoms with Gasteiger partial charge in [-0.1, -0.05) is 0 Å². The molecule has 0 N–H and O–H groups in total. The highest BCUT2D eigenvalue weighted by atomic mass is 127. The Morgan fingerprint density at radius 1 is 1.33 bits per heavy atom. The topological polar surface area (TPSA) is 82.1 Å². The molecule has 0 aliphatic carbocycles. The molecule has 0 unspecified atom stereocenters. The van der Waals surface area contributed by atoms with Gasteiger partial charge in [-0.25, -0.2) is 0 Å². The van der Waals surface area contributed by atoms with E-state index in [-0.39, 0.29) is 11.0 Å². The molecule has 1 aromatic rings. The molecule has 0 atom stereocenters. The summed E-state index contributed by atoms with van der Waals surface area (Å²) in [6.45, 7) is 5.33. The Balaban J connectivity index is 2.26. The van der Waals surface area contributed by atoms with Gasteiger partial charge in [0.1, 0.15) is 6.54 Å². The molecule has 0 aromatic heterocycles. The highest BCUT2D eigenvalue weighted by Crippen LogP contribution is 2.37. The summed E-state index contributed by atoms with van der Waals surface area (Å²) in [6.07, 6.45) is 1.29. The van der Waals surface area contributed by atoms with Crippen molar-refractivity contribution in [3.05, 3.63) is 26.2 Å². The van der Waals surface area contributed by atoms with Crippen LogP contribution in [-0.4, -0.2) is 48.4 Å². The van der Waals surface area contributed by atoms with Gasteiger partial charge in [0.2, 0.25) is 0 Å². The molecule has 27 heavy (non-hydrogen) atoms. The number of amides is 2. The molecular weight excluding hydrogens is 485 g/mol. The molecule has 1 fully saturated rings. The summed E-state index contributed by atoms with van der Waals surface area (Å²) in [5.41, 5.74) is 0.693. The third-order valence-electron chi connectivity index (χ3n) is 3.36. The second-order valence-corrected chi connectivity index (χ2v) is 7.93. The number of methoxy groups -OCH3 is 1. The first-order valence-corrected chi connectivity index (χ1v) is 10.1.